The number of rotatable bonds is 4. The first-order valence-electron chi connectivity index (χ1n) is 7.76. The second-order valence-electron chi connectivity index (χ2n) is 5.75. The topological polar surface area (TPSA) is 44.0 Å². The summed E-state index contributed by atoms with van der Waals surface area (Å²) < 4.78 is 1.98. The lowest BCUT2D eigenvalue weighted by atomic mass is 10.0. The summed E-state index contributed by atoms with van der Waals surface area (Å²) >= 11 is 0. The van der Waals surface area contributed by atoms with Gasteiger partial charge in [0.15, 0.2) is 5.82 Å². The van der Waals surface area contributed by atoms with Crippen LogP contribution in [0.1, 0.15) is 25.5 Å². The third-order valence-corrected chi connectivity index (χ3v) is 4.64. The van der Waals surface area contributed by atoms with E-state index in [1.807, 2.05) is 28.8 Å². The van der Waals surface area contributed by atoms with E-state index in [2.05, 4.69) is 23.8 Å². The first kappa shape index (κ1) is 14.4. The van der Waals surface area contributed by atoms with E-state index in [1.165, 1.54) is 0 Å². The highest BCUT2D eigenvalue weighted by Crippen LogP contribution is 2.26. The second-order valence-corrected chi connectivity index (χ2v) is 5.75. The van der Waals surface area contributed by atoms with Crippen molar-refractivity contribution in [2.75, 3.05) is 31.6 Å². The van der Waals surface area contributed by atoms with Gasteiger partial charge in [0.1, 0.15) is 5.65 Å². The maximum absolute atomic E-state index is 9.74. The predicted molar refractivity (Wildman–Crippen MR) is 84.7 cm³/mol. The molecule has 5 heteroatoms. The Hall–Kier alpha value is -1.59. The third kappa shape index (κ3) is 2.63. The SMILES string of the molecule is CCN1CCC(N(C)c2nc3ccccn3c2CO)CC1. The van der Waals surface area contributed by atoms with Gasteiger partial charge < -0.3 is 14.9 Å². The quantitative estimate of drug-likeness (QED) is 0.931. The molecule has 1 aliphatic heterocycles. The molecule has 0 spiro atoms. The molecule has 0 radical (unpaired) electrons. The zero-order valence-corrected chi connectivity index (χ0v) is 12.9. The molecule has 1 N–H and O–H groups in total. The van der Waals surface area contributed by atoms with Crippen LogP contribution in [0.4, 0.5) is 5.82 Å². The molecule has 0 amide bonds. The van der Waals surface area contributed by atoms with E-state index in [1.54, 1.807) is 0 Å². The number of piperidine rings is 1. The summed E-state index contributed by atoms with van der Waals surface area (Å²) in [5.74, 6) is 0.915. The van der Waals surface area contributed by atoms with E-state index < -0.39 is 0 Å². The number of pyridine rings is 1. The molecular formula is C16H24N4O. The number of anilines is 1. The molecule has 1 saturated heterocycles. The van der Waals surface area contributed by atoms with Gasteiger partial charge in [-0.3, -0.25) is 4.40 Å². The van der Waals surface area contributed by atoms with Crippen LogP contribution in [-0.2, 0) is 6.61 Å². The zero-order valence-electron chi connectivity index (χ0n) is 12.9. The van der Waals surface area contributed by atoms with Crippen molar-refractivity contribution in [1.82, 2.24) is 14.3 Å². The van der Waals surface area contributed by atoms with E-state index >= 15 is 0 Å². The van der Waals surface area contributed by atoms with E-state index in [0.717, 1.165) is 49.6 Å². The molecule has 2 aromatic heterocycles. The fourth-order valence-corrected chi connectivity index (χ4v) is 3.26. The van der Waals surface area contributed by atoms with Crippen molar-refractivity contribution in [1.29, 1.82) is 0 Å². The summed E-state index contributed by atoms with van der Waals surface area (Å²) in [7, 11) is 2.10. The number of fused-ring (bicyclic) bond motifs is 1. The molecule has 0 bridgehead atoms. The molecule has 21 heavy (non-hydrogen) atoms. The minimum absolute atomic E-state index is 0.0126. The predicted octanol–water partition coefficient (Wildman–Crippen LogP) is 1.75. The van der Waals surface area contributed by atoms with Gasteiger partial charge in [-0.2, -0.15) is 0 Å². The van der Waals surface area contributed by atoms with E-state index in [-0.39, 0.29) is 6.61 Å². The molecule has 1 aliphatic rings. The average Bonchev–Trinajstić information content (AvgIpc) is 2.92. The van der Waals surface area contributed by atoms with Crippen LogP contribution in [0.2, 0.25) is 0 Å². The van der Waals surface area contributed by atoms with Gasteiger partial charge in [0.25, 0.3) is 0 Å². The fourth-order valence-electron chi connectivity index (χ4n) is 3.26. The Morgan fingerprint density at radius 1 is 1.33 bits per heavy atom. The molecule has 0 aromatic carbocycles. The van der Waals surface area contributed by atoms with Gasteiger partial charge in [-0.05, 0) is 31.5 Å². The molecule has 5 nitrogen and oxygen atoms in total. The van der Waals surface area contributed by atoms with Crippen LogP contribution >= 0.6 is 0 Å². The zero-order chi connectivity index (χ0) is 14.8. The highest BCUT2D eigenvalue weighted by molar-refractivity contribution is 5.56. The largest absolute Gasteiger partial charge is 0.390 e. The van der Waals surface area contributed by atoms with Crippen LogP contribution in [0.3, 0.4) is 0 Å². The Balaban J connectivity index is 1.86. The standard InChI is InChI=1S/C16H24N4O/c1-3-19-10-7-13(8-11-19)18(2)16-14(12-21)20-9-5-4-6-15(20)17-16/h4-6,9,13,21H,3,7-8,10-12H2,1-2H3. The van der Waals surface area contributed by atoms with Crippen molar-refractivity contribution >= 4 is 11.5 Å². The maximum atomic E-state index is 9.74. The molecule has 2 aromatic rings. The number of nitrogens with zero attached hydrogens (tertiary/aromatic N) is 4. The van der Waals surface area contributed by atoms with E-state index in [9.17, 15) is 5.11 Å². The van der Waals surface area contributed by atoms with Gasteiger partial charge in [-0.1, -0.05) is 13.0 Å². The van der Waals surface area contributed by atoms with Crippen molar-refractivity contribution < 1.29 is 5.11 Å². The van der Waals surface area contributed by atoms with Crippen molar-refractivity contribution in [2.24, 2.45) is 0 Å². The van der Waals surface area contributed by atoms with E-state index in [0.29, 0.717) is 6.04 Å². The van der Waals surface area contributed by atoms with Gasteiger partial charge >= 0.3 is 0 Å². The minimum Gasteiger partial charge on any atom is -0.390 e. The Labute approximate surface area is 125 Å². The van der Waals surface area contributed by atoms with Crippen LogP contribution < -0.4 is 4.90 Å². The molecule has 1 fully saturated rings. The normalized spacial score (nSPS) is 17.5. The van der Waals surface area contributed by atoms with Gasteiger partial charge in [0.2, 0.25) is 0 Å². The minimum atomic E-state index is 0.0126. The van der Waals surface area contributed by atoms with Crippen LogP contribution in [0.5, 0.6) is 0 Å². The van der Waals surface area contributed by atoms with Crippen LogP contribution in [-0.4, -0.2) is 52.1 Å². The lowest BCUT2D eigenvalue weighted by Crippen LogP contribution is -2.43. The molecule has 3 rings (SSSR count). The first-order valence-corrected chi connectivity index (χ1v) is 7.76. The molecule has 0 atom stereocenters. The Morgan fingerprint density at radius 2 is 2.10 bits per heavy atom. The number of hydrogen-bond donors (Lipinski definition) is 1. The Morgan fingerprint density at radius 3 is 2.76 bits per heavy atom. The Kier molecular flexibility index (Phi) is 4.12. The summed E-state index contributed by atoms with van der Waals surface area (Å²) in [5, 5.41) is 9.74. The number of likely N-dealkylation sites (tertiary alicyclic amines) is 1. The summed E-state index contributed by atoms with van der Waals surface area (Å²) in [5.41, 5.74) is 1.78. The summed E-state index contributed by atoms with van der Waals surface area (Å²) in [6.45, 7) is 5.65. The number of aliphatic hydroxyl groups is 1. The lowest BCUT2D eigenvalue weighted by molar-refractivity contribution is 0.220. The summed E-state index contributed by atoms with van der Waals surface area (Å²) in [4.78, 5) is 9.46. The van der Waals surface area contributed by atoms with Crippen molar-refractivity contribution in [3.63, 3.8) is 0 Å². The van der Waals surface area contributed by atoms with E-state index in [4.69, 9.17) is 4.98 Å². The molecular weight excluding hydrogens is 264 g/mol. The van der Waals surface area contributed by atoms with Gasteiger partial charge in [-0.25, -0.2) is 4.98 Å². The molecule has 3 heterocycles. The smallest absolute Gasteiger partial charge is 0.153 e. The highest BCUT2D eigenvalue weighted by Gasteiger charge is 2.25. The lowest BCUT2D eigenvalue weighted by Gasteiger charge is -2.36. The van der Waals surface area contributed by atoms with Crippen molar-refractivity contribution in [2.45, 2.75) is 32.4 Å². The molecule has 0 aliphatic carbocycles. The molecule has 0 unspecified atom stereocenters. The highest BCUT2D eigenvalue weighted by atomic mass is 16.3. The van der Waals surface area contributed by atoms with Gasteiger partial charge in [0, 0.05) is 32.4 Å². The molecule has 0 saturated carbocycles. The average molecular weight is 288 g/mol. The third-order valence-electron chi connectivity index (χ3n) is 4.64. The van der Waals surface area contributed by atoms with Crippen molar-refractivity contribution in [3.8, 4) is 0 Å². The summed E-state index contributed by atoms with van der Waals surface area (Å²) in [6, 6.07) is 6.43. The van der Waals surface area contributed by atoms with Crippen LogP contribution in [0.25, 0.3) is 5.65 Å². The van der Waals surface area contributed by atoms with Gasteiger partial charge in [0.05, 0.1) is 12.3 Å². The summed E-state index contributed by atoms with van der Waals surface area (Å²) in [6.07, 6.45) is 4.27. The number of imidazole rings is 1. The maximum Gasteiger partial charge on any atom is 0.153 e. The number of aromatic nitrogens is 2. The first-order chi connectivity index (χ1) is 10.2. The monoisotopic (exact) mass is 288 g/mol. The van der Waals surface area contributed by atoms with Gasteiger partial charge in [-0.15, -0.1) is 0 Å². The number of aliphatic hydroxyl groups excluding tert-OH is 1. The molecule has 114 valence electrons. The number of hydrogen-bond acceptors (Lipinski definition) is 4. The fraction of sp³-hybridized carbons (Fsp3) is 0.562. The second kappa shape index (κ2) is 6.03. The Bertz CT molecular complexity index is 601. The van der Waals surface area contributed by atoms with Crippen LogP contribution in [0, 0.1) is 0 Å². The van der Waals surface area contributed by atoms with Crippen LogP contribution in [0.15, 0.2) is 24.4 Å². The van der Waals surface area contributed by atoms with Crippen molar-refractivity contribution in [3.05, 3.63) is 30.1 Å².